The van der Waals surface area contributed by atoms with E-state index >= 15 is 0 Å². The van der Waals surface area contributed by atoms with Crippen LogP contribution in [0.1, 0.15) is 31.2 Å². The minimum Gasteiger partial charge on any atom is -0.348 e. The summed E-state index contributed by atoms with van der Waals surface area (Å²) in [6.45, 7) is 2.55. The molecule has 0 spiro atoms. The zero-order valence-corrected chi connectivity index (χ0v) is 11.9. The van der Waals surface area contributed by atoms with Crippen molar-refractivity contribution in [2.24, 2.45) is 5.73 Å². The van der Waals surface area contributed by atoms with Crippen LogP contribution in [0.15, 0.2) is 24.3 Å². The van der Waals surface area contributed by atoms with Crippen molar-refractivity contribution in [1.29, 1.82) is 0 Å². The van der Waals surface area contributed by atoms with Crippen LogP contribution in [0.5, 0.6) is 0 Å². The molecule has 0 saturated carbocycles. The van der Waals surface area contributed by atoms with Crippen LogP contribution >= 0.6 is 11.3 Å². The molecule has 1 heterocycles. The Morgan fingerprint density at radius 3 is 3.00 bits per heavy atom. The second kappa shape index (κ2) is 6.63. The molecule has 3 N–H and O–H groups in total. The summed E-state index contributed by atoms with van der Waals surface area (Å²) in [4.78, 5) is 16.2. The van der Waals surface area contributed by atoms with Gasteiger partial charge in [0.15, 0.2) is 0 Å². The average Bonchev–Trinajstić information content (AvgIpc) is 2.84. The lowest BCUT2D eigenvalue weighted by Gasteiger charge is -2.10. The van der Waals surface area contributed by atoms with Gasteiger partial charge in [0, 0.05) is 0 Å². The van der Waals surface area contributed by atoms with Gasteiger partial charge in [-0.15, -0.1) is 11.3 Å². The van der Waals surface area contributed by atoms with Crippen molar-refractivity contribution < 1.29 is 4.79 Å². The minimum atomic E-state index is -0.408. The summed E-state index contributed by atoms with van der Waals surface area (Å²) in [5.74, 6) is -0.0901. The molecule has 0 aliphatic rings. The second-order valence-electron chi connectivity index (χ2n) is 4.54. The van der Waals surface area contributed by atoms with E-state index in [0.717, 1.165) is 34.5 Å². The zero-order chi connectivity index (χ0) is 13.7. The van der Waals surface area contributed by atoms with Gasteiger partial charge >= 0.3 is 0 Å². The summed E-state index contributed by atoms with van der Waals surface area (Å²) in [5, 5.41) is 3.77. The number of rotatable bonds is 6. The van der Waals surface area contributed by atoms with Crippen LogP contribution in [0.25, 0.3) is 10.2 Å². The number of unbranched alkanes of at least 4 members (excludes halogenated alkanes) is 1. The van der Waals surface area contributed by atoms with E-state index in [2.05, 4.69) is 17.2 Å². The van der Waals surface area contributed by atoms with Crippen LogP contribution in [0, 0.1) is 0 Å². The highest BCUT2D eigenvalue weighted by Gasteiger charge is 2.13. The Hall–Kier alpha value is -1.46. The van der Waals surface area contributed by atoms with Crippen molar-refractivity contribution in [1.82, 2.24) is 10.3 Å². The monoisotopic (exact) mass is 277 g/mol. The van der Waals surface area contributed by atoms with E-state index in [1.807, 2.05) is 24.3 Å². The molecule has 0 aliphatic carbocycles. The number of carbonyl (C=O) groups excluding carboxylic acids is 1. The summed E-state index contributed by atoms with van der Waals surface area (Å²) >= 11 is 1.60. The van der Waals surface area contributed by atoms with Crippen molar-refractivity contribution >= 4 is 27.5 Å². The van der Waals surface area contributed by atoms with Gasteiger partial charge in [-0.3, -0.25) is 4.79 Å². The summed E-state index contributed by atoms with van der Waals surface area (Å²) in [6.07, 6.45) is 2.77. The van der Waals surface area contributed by atoms with E-state index in [-0.39, 0.29) is 5.91 Å². The normalized spacial score (nSPS) is 12.5. The highest BCUT2D eigenvalue weighted by molar-refractivity contribution is 7.18. The highest BCUT2D eigenvalue weighted by Crippen LogP contribution is 2.21. The molecule has 4 nitrogen and oxygen atoms in total. The number of thiazole rings is 1. The number of nitrogens with one attached hydrogen (secondary N) is 1. The van der Waals surface area contributed by atoms with E-state index in [1.54, 1.807) is 11.3 Å². The Labute approximate surface area is 117 Å². The van der Waals surface area contributed by atoms with Crippen LogP contribution in [0.3, 0.4) is 0 Å². The highest BCUT2D eigenvalue weighted by atomic mass is 32.1. The fraction of sp³-hybridized carbons (Fsp3) is 0.429. The van der Waals surface area contributed by atoms with Gasteiger partial charge in [-0.1, -0.05) is 31.9 Å². The summed E-state index contributed by atoms with van der Waals surface area (Å²) in [7, 11) is 0. The third kappa shape index (κ3) is 3.75. The fourth-order valence-electron chi connectivity index (χ4n) is 1.84. The lowest BCUT2D eigenvalue weighted by Crippen LogP contribution is -2.40. The molecule has 1 aromatic carbocycles. The van der Waals surface area contributed by atoms with Crippen molar-refractivity contribution in [3.63, 3.8) is 0 Å². The molecule has 1 atom stereocenters. The molecule has 0 saturated heterocycles. The van der Waals surface area contributed by atoms with Crippen molar-refractivity contribution in [2.45, 2.75) is 38.8 Å². The summed E-state index contributed by atoms with van der Waals surface area (Å²) in [5.41, 5.74) is 6.79. The van der Waals surface area contributed by atoms with E-state index in [4.69, 9.17) is 5.73 Å². The number of nitrogens with two attached hydrogens (primary N) is 1. The van der Waals surface area contributed by atoms with E-state index < -0.39 is 6.04 Å². The van der Waals surface area contributed by atoms with Gasteiger partial charge in [-0.25, -0.2) is 4.98 Å². The number of carbonyl (C=O) groups is 1. The zero-order valence-electron chi connectivity index (χ0n) is 11.1. The van der Waals surface area contributed by atoms with Gasteiger partial charge in [-0.2, -0.15) is 0 Å². The maximum atomic E-state index is 11.8. The molecule has 0 aliphatic heterocycles. The van der Waals surface area contributed by atoms with E-state index in [9.17, 15) is 4.79 Å². The molecule has 1 unspecified atom stereocenters. The molecular formula is C14H19N3OS. The van der Waals surface area contributed by atoms with Crippen molar-refractivity contribution in [2.75, 3.05) is 0 Å². The topological polar surface area (TPSA) is 68.0 Å². The Morgan fingerprint density at radius 2 is 2.26 bits per heavy atom. The fourth-order valence-corrected chi connectivity index (χ4v) is 2.75. The number of hydrogen-bond acceptors (Lipinski definition) is 4. The molecule has 5 heteroatoms. The number of para-hydroxylation sites is 1. The molecule has 102 valence electrons. The Bertz CT molecular complexity index is 519. The number of nitrogens with zero attached hydrogens (tertiary/aromatic N) is 1. The van der Waals surface area contributed by atoms with Gasteiger partial charge < -0.3 is 11.1 Å². The van der Waals surface area contributed by atoms with E-state index in [1.165, 1.54) is 0 Å². The van der Waals surface area contributed by atoms with Gasteiger partial charge in [0.25, 0.3) is 0 Å². The van der Waals surface area contributed by atoms with Crippen LogP contribution in [0.2, 0.25) is 0 Å². The van der Waals surface area contributed by atoms with Crippen LogP contribution in [0.4, 0.5) is 0 Å². The second-order valence-corrected chi connectivity index (χ2v) is 5.66. The first kappa shape index (κ1) is 14.0. The third-order valence-electron chi connectivity index (χ3n) is 2.96. The van der Waals surface area contributed by atoms with Crippen molar-refractivity contribution in [3.8, 4) is 0 Å². The molecule has 1 amide bonds. The first-order chi connectivity index (χ1) is 9.20. The first-order valence-electron chi connectivity index (χ1n) is 6.58. The predicted octanol–water partition coefficient (Wildman–Crippen LogP) is 2.43. The number of amides is 1. The van der Waals surface area contributed by atoms with Gasteiger partial charge in [0.2, 0.25) is 5.91 Å². The molecule has 2 aromatic rings. The maximum Gasteiger partial charge on any atom is 0.237 e. The maximum absolute atomic E-state index is 11.8. The smallest absolute Gasteiger partial charge is 0.237 e. The molecule has 0 fully saturated rings. The Morgan fingerprint density at radius 1 is 1.47 bits per heavy atom. The number of hydrogen-bond donors (Lipinski definition) is 2. The molecule has 0 radical (unpaired) electrons. The quantitative estimate of drug-likeness (QED) is 0.852. The Kier molecular flexibility index (Phi) is 4.87. The van der Waals surface area contributed by atoms with Crippen molar-refractivity contribution in [3.05, 3.63) is 29.3 Å². The summed E-state index contributed by atoms with van der Waals surface area (Å²) < 4.78 is 1.14. The van der Waals surface area contributed by atoms with Crippen LogP contribution in [-0.4, -0.2) is 16.9 Å². The van der Waals surface area contributed by atoms with Gasteiger partial charge in [-0.05, 0) is 18.6 Å². The number of benzene rings is 1. The average molecular weight is 277 g/mol. The minimum absolute atomic E-state index is 0.0901. The number of aromatic nitrogens is 1. The SMILES string of the molecule is CCCCC(N)C(=O)NCc1nc2ccccc2s1. The molecule has 19 heavy (non-hydrogen) atoms. The standard InChI is InChI=1S/C14H19N3OS/c1-2-3-6-10(15)14(18)16-9-13-17-11-7-4-5-8-12(11)19-13/h4-5,7-8,10H,2-3,6,9,15H2,1H3,(H,16,18). The molecule has 2 rings (SSSR count). The molecular weight excluding hydrogens is 258 g/mol. The molecule has 0 bridgehead atoms. The Balaban J connectivity index is 1.89. The number of fused-ring (bicyclic) bond motifs is 1. The lowest BCUT2D eigenvalue weighted by atomic mass is 10.1. The van der Waals surface area contributed by atoms with Crippen LogP contribution < -0.4 is 11.1 Å². The molecule has 1 aromatic heterocycles. The third-order valence-corrected chi connectivity index (χ3v) is 3.99. The first-order valence-corrected chi connectivity index (χ1v) is 7.40. The van der Waals surface area contributed by atoms with Gasteiger partial charge in [0.05, 0.1) is 22.8 Å². The summed E-state index contributed by atoms with van der Waals surface area (Å²) in [6, 6.07) is 7.55. The van der Waals surface area contributed by atoms with Gasteiger partial charge in [0.1, 0.15) is 5.01 Å². The predicted molar refractivity (Wildman–Crippen MR) is 79.0 cm³/mol. The largest absolute Gasteiger partial charge is 0.348 e. The lowest BCUT2D eigenvalue weighted by molar-refractivity contribution is -0.122. The van der Waals surface area contributed by atoms with Crippen LogP contribution in [-0.2, 0) is 11.3 Å². The van der Waals surface area contributed by atoms with E-state index in [0.29, 0.717) is 6.54 Å².